The summed E-state index contributed by atoms with van der Waals surface area (Å²) in [4.78, 5) is 25.8. The number of nitrogens with zero attached hydrogens (tertiary/aromatic N) is 5. The molecule has 3 heterocycles. The zero-order chi connectivity index (χ0) is 20.3. The molecule has 2 aromatic rings. The van der Waals surface area contributed by atoms with Crippen molar-refractivity contribution in [2.24, 2.45) is 5.41 Å². The summed E-state index contributed by atoms with van der Waals surface area (Å²) in [6.07, 6.45) is 7.44. The highest BCUT2D eigenvalue weighted by molar-refractivity contribution is 5.77. The van der Waals surface area contributed by atoms with Gasteiger partial charge in [0.05, 0.1) is 35.8 Å². The van der Waals surface area contributed by atoms with Gasteiger partial charge in [0, 0.05) is 37.7 Å². The molecule has 0 bridgehead atoms. The van der Waals surface area contributed by atoms with Crippen molar-refractivity contribution in [1.82, 2.24) is 19.8 Å². The van der Waals surface area contributed by atoms with Gasteiger partial charge >= 0.3 is 0 Å². The first-order valence-electron chi connectivity index (χ1n) is 10.3. The van der Waals surface area contributed by atoms with Gasteiger partial charge < -0.3 is 4.90 Å². The molecule has 2 aliphatic rings. The third-order valence-corrected chi connectivity index (χ3v) is 6.17. The number of carbonyl (C=O) groups excluding carboxylic acids is 1. The average Bonchev–Trinajstić information content (AvgIpc) is 2.73. The minimum atomic E-state index is 0.164. The molecule has 0 radical (unpaired) electrons. The first-order chi connectivity index (χ1) is 14.0. The van der Waals surface area contributed by atoms with Crippen LogP contribution >= 0.6 is 0 Å². The van der Waals surface area contributed by atoms with Gasteiger partial charge in [-0.05, 0) is 50.4 Å². The predicted octanol–water partition coefficient (Wildman–Crippen LogP) is 3.06. The first kappa shape index (κ1) is 19.5. The van der Waals surface area contributed by atoms with Gasteiger partial charge in [0.25, 0.3) is 0 Å². The van der Waals surface area contributed by atoms with Crippen molar-refractivity contribution in [3.05, 3.63) is 59.2 Å². The summed E-state index contributed by atoms with van der Waals surface area (Å²) in [5.74, 6) is 0.224. The zero-order valence-electron chi connectivity index (χ0n) is 17.0. The highest BCUT2D eigenvalue weighted by atomic mass is 16.2. The molecular weight excluding hydrogens is 362 g/mol. The highest BCUT2D eigenvalue weighted by Gasteiger charge is 2.41. The Morgan fingerprint density at radius 3 is 2.66 bits per heavy atom. The maximum absolute atomic E-state index is 12.6. The lowest BCUT2D eigenvalue weighted by molar-refractivity contribution is -0.140. The van der Waals surface area contributed by atoms with Crippen molar-refractivity contribution in [2.75, 3.05) is 19.6 Å². The molecule has 1 spiro atoms. The quantitative estimate of drug-likeness (QED) is 0.804. The summed E-state index contributed by atoms with van der Waals surface area (Å²) < 4.78 is 0. The van der Waals surface area contributed by atoms with Crippen LogP contribution in [0.3, 0.4) is 0 Å². The molecule has 2 aliphatic heterocycles. The number of amides is 1. The number of rotatable bonds is 4. The number of hydrogen-bond donors (Lipinski definition) is 0. The molecule has 0 N–H and O–H groups in total. The molecular formula is C23H27N5O. The second-order valence-corrected chi connectivity index (χ2v) is 8.52. The molecule has 1 aromatic heterocycles. The molecule has 0 saturated carbocycles. The molecule has 1 aromatic carbocycles. The van der Waals surface area contributed by atoms with Crippen molar-refractivity contribution in [3.8, 4) is 6.07 Å². The zero-order valence-corrected chi connectivity index (χ0v) is 17.0. The van der Waals surface area contributed by atoms with Crippen LogP contribution in [-0.4, -0.2) is 45.3 Å². The van der Waals surface area contributed by atoms with Crippen LogP contribution in [0.5, 0.6) is 0 Å². The Labute approximate surface area is 172 Å². The lowest BCUT2D eigenvalue weighted by Gasteiger charge is -2.48. The van der Waals surface area contributed by atoms with E-state index >= 15 is 0 Å². The lowest BCUT2D eigenvalue weighted by atomic mass is 9.73. The van der Waals surface area contributed by atoms with Crippen molar-refractivity contribution in [3.63, 3.8) is 0 Å². The van der Waals surface area contributed by atoms with E-state index in [4.69, 9.17) is 5.26 Å². The fourth-order valence-corrected chi connectivity index (χ4v) is 4.66. The number of benzene rings is 1. The van der Waals surface area contributed by atoms with Gasteiger partial charge in [-0.15, -0.1) is 0 Å². The summed E-state index contributed by atoms with van der Waals surface area (Å²) in [6.45, 7) is 6.25. The highest BCUT2D eigenvalue weighted by Crippen LogP contribution is 2.39. The Morgan fingerprint density at radius 2 is 1.93 bits per heavy atom. The minimum absolute atomic E-state index is 0.164. The number of piperidine rings is 2. The van der Waals surface area contributed by atoms with Gasteiger partial charge in [0.1, 0.15) is 0 Å². The fraction of sp³-hybridized carbons (Fsp3) is 0.478. The predicted molar refractivity (Wildman–Crippen MR) is 110 cm³/mol. The smallest absolute Gasteiger partial charge is 0.222 e. The van der Waals surface area contributed by atoms with E-state index in [-0.39, 0.29) is 11.3 Å². The van der Waals surface area contributed by atoms with Crippen LogP contribution in [0.2, 0.25) is 0 Å². The van der Waals surface area contributed by atoms with Crippen LogP contribution in [0.15, 0.2) is 36.7 Å². The molecule has 0 aliphatic carbocycles. The molecule has 2 saturated heterocycles. The van der Waals surface area contributed by atoms with Crippen LogP contribution in [0, 0.1) is 23.7 Å². The second-order valence-electron chi connectivity index (χ2n) is 8.52. The Morgan fingerprint density at radius 1 is 1.10 bits per heavy atom. The van der Waals surface area contributed by atoms with E-state index in [1.54, 1.807) is 12.4 Å². The fourth-order valence-electron chi connectivity index (χ4n) is 4.66. The van der Waals surface area contributed by atoms with Crippen molar-refractivity contribution >= 4 is 5.91 Å². The summed E-state index contributed by atoms with van der Waals surface area (Å²) >= 11 is 0. The molecule has 6 heteroatoms. The number of hydrogen-bond acceptors (Lipinski definition) is 5. The number of nitriles is 1. The minimum Gasteiger partial charge on any atom is -0.336 e. The molecule has 4 rings (SSSR count). The number of likely N-dealkylation sites (tertiary alicyclic amines) is 2. The van der Waals surface area contributed by atoms with E-state index < -0.39 is 0 Å². The van der Waals surface area contributed by atoms with Gasteiger partial charge in [0.2, 0.25) is 5.91 Å². The van der Waals surface area contributed by atoms with Crippen LogP contribution < -0.4 is 0 Å². The monoisotopic (exact) mass is 389 g/mol. The van der Waals surface area contributed by atoms with Crippen LogP contribution in [0.4, 0.5) is 0 Å². The van der Waals surface area contributed by atoms with Crippen LogP contribution in [-0.2, 0) is 17.9 Å². The number of aromatic nitrogens is 2. The first-order valence-corrected chi connectivity index (χ1v) is 10.3. The Balaban J connectivity index is 1.42. The molecule has 0 unspecified atom stereocenters. The SMILES string of the molecule is Cc1cnc(CN2C[C@@]3(CCCN(Cc4ccc(C#N)cc4)C3)CCC2=O)cn1. The largest absolute Gasteiger partial charge is 0.336 e. The molecule has 1 atom stereocenters. The van der Waals surface area contributed by atoms with Crippen LogP contribution in [0.1, 0.15) is 48.2 Å². The van der Waals surface area contributed by atoms with E-state index in [0.29, 0.717) is 18.5 Å². The molecule has 1 amide bonds. The maximum atomic E-state index is 12.6. The third kappa shape index (κ3) is 4.63. The van der Waals surface area contributed by atoms with E-state index in [9.17, 15) is 4.79 Å². The van der Waals surface area contributed by atoms with Gasteiger partial charge in [-0.3, -0.25) is 19.7 Å². The van der Waals surface area contributed by atoms with Crippen molar-refractivity contribution < 1.29 is 4.79 Å². The van der Waals surface area contributed by atoms with E-state index in [0.717, 1.165) is 50.4 Å². The summed E-state index contributed by atoms with van der Waals surface area (Å²) in [7, 11) is 0. The molecule has 2 fully saturated rings. The Hall–Kier alpha value is -2.78. The van der Waals surface area contributed by atoms with Crippen molar-refractivity contribution in [2.45, 2.75) is 45.7 Å². The van der Waals surface area contributed by atoms with Gasteiger partial charge in [-0.1, -0.05) is 12.1 Å². The number of aryl methyl sites for hydroxylation is 1. The van der Waals surface area contributed by atoms with E-state index in [1.807, 2.05) is 36.1 Å². The normalized spacial score (nSPS) is 22.6. The Kier molecular flexibility index (Phi) is 5.59. The summed E-state index contributed by atoms with van der Waals surface area (Å²) in [5.41, 5.74) is 3.84. The summed E-state index contributed by atoms with van der Waals surface area (Å²) in [5, 5.41) is 8.98. The lowest BCUT2D eigenvalue weighted by Crippen LogP contribution is -2.53. The third-order valence-electron chi connectivity index (χ3n) is 6.17. The topological polar surface area (TPSA) is 73.1 Å². The van der Waals surface area contributed by atoms with Gasteiger partial charge in [-0.2, -0.15) is 5.26 Å². The van der Waals surface area contributed by atoms with Crippen molar-refractivity contribution in [1.29, 1.82) is 5.26 Å². The standard InChI is InChI=1S/C23H27N5O/c1-18-12-26-21(13-25-18)15-28-17-23(9-7-22(28)29)8-2-10-27(16-23)14-20-5-3-19(11-24)4-6-20/h3-6,12-13H,2,7-10,14-17H2,1H3/t23-/m0/s1. The summed E-state index contributed by atoms with van der Waals surface area (Å²) in [6, 6.07) is 10.0. The average molecular weight is 390 g/mol. The van der Waals surface area contributed by atoms with Gasteiger partial charge in [-0.25, -0.2) is 0 Å². The van der Waals surface area contributed by atoms with E-state index in [2.05, 4.69) is 20.9 Å². The van der Waals surface area contributed by atoms with Gasteiger partial charge in [0.15, 0.2) is 0 Å². The molecule has 29 heavy (non-hydrogen) atoms. The van der Waals surface area contributed by atoms with Crippen LogP contribution in [0.25, 0.3) is 0 Å². The maximum Gasteiger partial charge on any atom is 0.222 e. The van der Waals surface area contributed by atoms with E-state index in [1.165, 1.54) is 12.0 Å². The Bertz CT molecular complexity index is 902. The number of carbonyl (C=O) groups is 1. The molecule has 150 valence electrons. The second kappa shape index (κ2) is 8.30. The molecule has 6 nitrogen and oxygen atoms in total.